The SMILES string of the molecule is C[C@@H]1[C@@H](C(C)(C)F)[C@H](CC(=O)N(CCO)Cc2ccccc2)O[C@@]12C(=O)N(Cc1ccccc1)c1ccc(N3C(=O)c4cccc5cccc3c45)cc12. The van der Waals surface area contributed by atoms with Crippen molar-refractivity contribution >= 4 is 45.6 Å². The smallest absolute Gasteiger partial charge is 0.264 e. The number of amides is 3. The summed E-state index contributed by atoms with van der Waals surface area (Å²) in [7, 11) is 0. The van der Waals surface area contributed by atoms with Crippen LogP contribution in [0.25, 0.3) is 10.8 Å². The number of alkyl halides is 1. The van der Waals surface area contributed by atoms with Crippen LogP contribution < -0.4 is 9.80 Å². The summed E-state index contributed by atoms with van der Waals surface area (Å²) in [4.78, 5) is 48.1. The van der Waals surface area contributed by atoms with Gasteiger partial charge in [0, 0.05) is 41.6 Å². The normalized spacial score (nSPS) is 21.9. The average molecular weight is 712 g/mol. The number of hydrogen-bond donors (Lipinski definition) is 1. The number of anilines is 3. The first-order valence-corrected chi connectivity index (χ1v) is 18.2. The zero-order valence-corrected chi connectivity index (χ0v) is 30.0. The Kier molecular flexibility index (Phi) is 8.66. The van der Waals surface area contributed by atoms with E-state index >= 15 is 9.18 Å². The highest BCUT2D eigenvalue weighted by atomic mass is 19.1. The molecule has 0 aromatic heterocycles. The lowest BCUT2D eigenvalue weighted by Gasteiger charge is -2.33. The van der Waals surface area contributed by atoms with E-state index in [1.165, 1.54) is 13.8 Å². The molecule has 4 atom stereocenters. The number of hydrogen-bond acceptors (Lipinski definition) is 5. The van der Waals surface area contributed by atoms with Gasteiger partial charge in [-0.15, -0.1) is 0 Å². The maximum absolute atomic E-state index is 16.6. The summed E-state index contributed by atoms with van der Waals surface area (Å²) in [5.74, 6) is -2.36. The van der Waals surface area contributed by atoms with E-state index in [9.17, 15) is 14.7 Å². The highest BCUT2D eigenvalue weighted by molar-refractivity contribution is 6.28. The number of ether oxygens (including phenoxy) is 1. The van der Waals surface area contributed by atoms with Crippen LogP contribution in [-0.4, -0.2) is 52.7 Å². The predicted octanol–water partition coefficient (Wildman–Crippen LogP) is 7.68. The van der Waals surface area contributed by atoms with Gasteiger partial charge in [0.1, 0.15) is 5.67 Å². The summed E-state index contributed by atoms with van der Waals surface area (Å²) < 4.78 is 23.5. The first-order chi connectivity index (χ1) is 25.5. The van der Waals surface area contributed by atoms with Gasteiger partial charge >= 0.3 is 0 Å². The zero-order chi connectivity index (χ0) is 37.1. The van der Waals surface area contributed by atoms with Gasteiger partial charge in [-0.25, -0.2) is 4.39 Å². The molecule has 1 fully saturated rings. The maximum Gasteiger partial charge on any atom is 0.264 e. The summed E-state index contributed by atoms with van der Waals surface area (Å²) in [6.07, 6.45) is -1.14. The molecular formula is C44H42FN3O5. The second kappa shape index (κ2) is 13.2. The molecule has 1 spiro atoms. The molecular weight excluding hydrogens is 669 g/mol. The minimum absolute atomic E-state index is 0.0970. The van der Waals surface area contributed by atoms with Crippen molar-refractivity contribution in [3.8, 4) is 0 Å². The van der Waals surface area contributed by atoms with Crippen molar-refractivity contribution in [3.05, 3.63) is 138 Å². The largest absolute Gasteiger partial charge is 0.395 e. The molecule has 0 aliphatic carbocycles. The Hall–Kier alpha value is -5.38. The number of carbonyl (C=O) groups is 3. The van der Waals surface area contributed by atoms with Gasteiger partial charge in [0.2, 0.25) is 5.91 Å². The fourth-order valence-corrected chi connectivity index (χ4v) is 8.99. The summed E-state index contributed by atoms with van der Waals surface area (Å²) in [5, 5.41) is 11.7. The van der Waals surface area contributed by atoms with Crippen LogP contribution in [0.5, 0.6) is 0 Å². The highest BCUT2D eigenvalue weighted by Crippen LogP contribution is 2.59. The molecule has 1 N–H and O–H groups in total. The summed E-state index contributed by atoms with van der Waals surface area (Å²) in [6.45, 7) is 5.17. The highest BCUT2D eigenvalue weighted by Gasteiger charge is 2.66. The van der Waals surface area contributed by atoms with E-state index < -0.39 is 29.2 Å². The van der Waals surface area contributed by atoms with E-state index in [2.05, 4.69) is 0 Å². The van der Waals surface area contributed by atoms with E-state index in [0.717, 1.165) is 27.6 Å². The third-order valence-corrected chi connectivity index (χ3v) is 11.3. The minimum Gasteiger partial charge on any atom is -0.395 e. The van der Waals surface area contributed by atoms with Gasteiger partial charge in [0.25, 0.3) is 11.8 Å². The molecule has 8 rings (SSSR count). The van der Waals surface area contributed by atoms with Crippen molar-refractivity contribution in [3.63, 3.8) is 0 Å². The van der Waals surface area contributed by atoms with Crippen LogP contribution in [0.3, 0.4) is 0 Å². The van der Waals surface area contributed by atoms with Crippen molar-refractivity contribution in [2.24, 2.45) is 11.8 Å². The number of aliphatic hydroxyl groups excluding tert-OH is 1. The van der Waals surface area contributed by atoms with Crippen molar-refractivity contribution in [1.29, 1.82) is 0 Å². The van der Waals surface area contributed by atoms with Crippen LogP contribution in [0, 0.1) is 11.8 Å². The predicted molar refractivity (Wildman–Crippen MR) is 202 cm³/mol. The van der Waals surface area contributed by atoms with Crippen LogP contribution in [-0.2, 0) is 33.0 Å². The van der Waals surface area contributed by atoms with Gasteiger partial charge in [0.15, 0.2) is 5.60 Å². The Morgan fingerprint density at radius 3 is 2.25 bits per heavy atom. The Morgan fingerprint density at radius 2 is 1.57 bits per heavy atom. The minimum atomic E-state index is -1.83. The van der Waals surface area contributed by atoms with Gasteiger partial charge in [-0.3, -0.25) is 19.3 Å². The molecule has 9 heteroatoms. The molecule has 53 heavy (non-hydrogen) atoms. The molecule has 5 aromatic rings. The lowest BCUT2D eigenvalue weighted by molar-refractivity contribution is -0.150. The van der Waals surface area contributed by atoms with E-state index in [1.54, 1.807) is 14.7 Å². The first-order valence-electron chi connectivity index (χ1n) is 18.2. The second-order valence-corrected chi connectivity index (χ2v) is 14.9. The van der Waals surface area contributed by atoms with Gasteiger partial charge in [-0.2, -0.15) is 0 Å². The molecule has 270 valence electrons. The molecule has 0 bridgehead atoms. The Morgan fingerprint density at radius 1 is 0.887 bits per heavy atom. The van der Waals surface area contributed by atoms with Gasteiger partial charge in [-0.05, 0) is 60.7 Å². The fraction of sp³-hybridized carbons (Fsp3) is 0.295. The van der Waals surface area contributed by atoms with Crippen molar-refractivity contribution in [1.82, 2.24) is 4.90 Å². The van der Waals surface area contributed by atoms with E-state index in [0.29, 0.717) is 22.5 Å². The van der Waals surface area contributed by atoms with Crippen LogP contribution in [0.4, 0.5) is 21.5 Å². The zero-order valence-electron chi connectivity index (χ0n) is 30.0. The van der Waals surface area contributed by atoms with E-state index in [4.69, 9.17) is 4.74 Å². The molecule has 3 aliphatic heterocycles. The van der Waals surface area contributed by atoms with Gasteiger partial charge in [-0.1, -0.05) is 91.9 Å². The van der Waals surface area contributed by atoms with Crippen molar-refractivity contribution in [2.45, 2.75) is 57.7 Å². The van der Waals surface area contributed by atoms with Crippen LogP contribution in [0.2, 0.25) is 0 Å². The topological polar surface area (TPSA) is 90.4 Å². The number of carbonyl (C=O) groups excluding carboxylic acids is 3. The molecule has 5 aromatic carbocycles. The Bertz CT molecular complexity index is 2220. The molecule has 1 saturated heterocycles. The molecule has 3 amide bonds. The second-order valence-electron chi connectivity index (χ2n) is 14.9. The van der Waals surface area contributed by atoms with Crippen LogP contribution in [0.1, 0.15) is 54.2 Å². The number of aliphatic hydroxyl groups is 1. The Balaban J connectivity index is 1.22. The monoisotopic (exact) mass is 711 g/mol. The van der Waals surface area contributed by atoms with Crippen LogP contribution >= 0.6 is 0 Å². The number of benzene rings is 5. The molecule has 3 aliphatic rings. The van der Waals surface area contributed by atoms with Crippen molar-refractivity contribution in [2.75, 3.05) is 23.0 Å². The van der Waals surface area contributed by atoms with E-state index in [-0.39, 0.29) is 50.4 Å². The number of rotatable bonds is 10. The first kappa shape index (κ1) is 34.7. The van der Waals surface area contributed by atoms with E-state index in [1.807, 2.05) is 122 Å². The fourth-order valence-electron chi connectivity index (χ4n) is 8.99. The standard InChI is InChI=1S/C44H42FN3O5/c1-28-40(43(2,3)45)37(25-38(50)46(22-23-49)26-29-12-6-4-7-13-29)53-44(28)34-24-32(20-21-35(34)47(42(44)52)27-30-14-8-5-9-15-30)48-36-19-11-17-31-16-10-18-33(39(31)36)41(48)51/h4-21,24,28,37,40,49H,22-23,25-27H2,1-3H3/t28-,37+,40-,44+/m1/s1. The number of nitrogens with zero attached hydrogens (tertiary/aromatic N) is 3. The van der Waals surface area contributed by atoms with Gasteiger partial charge in [0.05, 0.1) is 42.6 Å². The Labute approximate surface area is 308 Å². The molecule has 3 heterocycles. The number of fused-ring (bicyclic) bond motifs is 2. The molecule has 0 saturated carbocycles. The molecule has 0 radical (unpaired) electrons. The summed E-state index contributed by atoms with van der Waals surface area (Å²) in [5.41, 5.74) is 1.40. The maximum atomic E-state index is 16.6. The summed E-state index contributed by atoms with van der Waals surface area (Å²) >= 11 is 0. The quantitative estimate of drug-likeness (QED) is 0.161. The average Bonchev–Trinajstić information content (AvgIpc) is 3.70. The molecule has 8 nitrogen and oxygen atoms in total. The van der Waals surface area contributed by atoms with Gasteiger partial charge < -0.3 is 19.6 Å². The lowest BCUT2D eigenvalue weighted by atomic mass is 9.71. The summed E-state index contributed by atoms with van der Waals surface area (Å²) in [6, 6.07) is 36.2. The number of halogens is 1. The third-order valence-electron chi connectivity index (χ3n) is 11.3. The van der Waals surface area contributed by atoms with Crippen molar-refractivity contribution < 1.29 is 28.6 Å². The lowest BCUT2D eigenvalue weighted by Crippen LogP contribution is -2.45. The third kappa shape index (κ3) is 5.70. The van der Waals surface area contributed by atoms with Crippen LogP contribution in [0.15, 0.2) is 115 Å². The molecule has 0 unspecified atom stereocenters.